The van der Waals surface area contributed by atoms with Crippen LogP contribution >= 0.6 is 0 Å². The predicted octanol–water partition coefficient (Wildman–Crippen LogP) is 4.46. The molecule has 1 aliphatic rings. The van der Waals surface area contributed by atoms with Crippen LogP contribution in [0.2, 0.25) is 0 Å². The van der Waals surface area contributed by atoms with Crippen molar-refractivity contribution in [2.24, 2.45) is 0 Å². The highest BCUT2D eigenvalue weighted by Gasteiger charge is 2.21. The molecule has 158 valence electrons. The van der Waals surface area contributed by atoms with Crippen LogP contribution in [0.1, 0.15) is 18.4 Å². The molecular weight excluding hydrogens is 392 g/mol. The standard InChI is InChI=1S/C24H24N4O3/c25-21-10-16-12-26-13-20(23-11-15-3-1-2-4-22(15)31-23)19(16)9-17(21)14-28-7-5-18(6-8-28)27-24(29)30/h1-4,9-13,18,27H,5-8,14,25H2,(H,29,30). The van der Waals surface area contributed by atoms with E-state index < -0.39 is 6.09 Å². The lowest BCUT2D eigenvalue weighted by molar-refractivity contribution is 0.165. The number of fused-ring (bicyclic) bond motifs is 2. The van der Waals surface area contributed by atoms with Crippen molar-refractivity contribution in [1.29, 1.82) is 0 Å². The number of para-hydroxylation sites is 1. The molecule has 7 nitrogen and oxygen atoms in total. The van der Waals surface area contributed by atoms with Gasteiger partial charge in [-0.1, -0.05) is 18.2 Å². The molecule has 0 spiro atoms. The van der Waals surface area contributed by atoms with Crippen LogP contribution in [0.3, 0.4) is 0 Å². The zero-order valence-corrected chi connectivity index (χ0v) is 17.0. The number of furan rings is 1. The predicted molar refractivity (Wildman–Crippen MR) is 121 cm³/mol. The van der Waals surface area contributed by atoms with Crippen LogP contribution in [0.4, 0.5) is 10.5 Å². The normalized spacial score (nSPS) is 15.5. The third kappa shape index (κ3) is 3.92. The number of aromatic nitrogens is 1. The molecule has 7 heteroatoms. The minimum Gasteiger partial charge on any atom is -0.465 e. The van der Waals surface area contributed by atoms with E-state index in [4.69, 9.17) is 15.3 Å². The quantitative estimate of drug-likeness (QED) is 0.424. The highest BCUT2D eigenvalue weighted by molar-refractivity contribution is 5.98. The number of carboxylic acid groups (broad SMARTS) is 1. The van der Waals surface area contributed by atoms with E-state index in [2.05, 4.69) is 21.3 Å². The maximum atomic E-state index is 10.9. The van der Waals surface area contributed by atoms with Gasteiger partial charge in [0, 0.05) is 60.1 Å². The lowest BCUT2D eigenvalue weighted by Crippen LogP contribution is -2.43. The van der Waals surface area contributed by atoms with Crippen LogP contribution in [-0.4, -0.2) is 40.2 Å². The van der Waals surface area contributed by atoms with Gasteiger partial charge in [0.1, 0.15) is 11.3 Å². The summed E-state index contributed by atoms with van der Waals surface area (Å²) in [6, 6.07) is 14.1. The number of hydrogen-bond acceptors (Lipinski definition) is 5. The van der Waals surface area contributed by atoms with E-state index in [1.807, 2.05) is 48.8 Å². The maximum absolute atomic E-state index is 10.9. The average Bonchev–Trinajstić information content (AvgIpc) is 3.19. The molecule has 0 radical (unpaired) electrons. The van der Waals surface area contributed by atoms with Crippen LogP contribution in [0.5, 0.6) is 0 Å². The second kappa shape index (κ2) is 7.92. The number of carbonyl (C=O) groups is 1. The number of likely N-dealkylation sites (tertiary alicyclic amines) is 1. The number of nitrogen functional groups attached to an aromatic ring is 1. The van der Waals surface area contributed by atoms with Crippen molar-refractivity contribution < 1.29 is 14.3 Å². The highest BCUT2D eigenvalue weighted by Crippen LogP contribution is 2.34. The van der Waals surface area contributed by atoms with Gasteiger partial charge in [0.05, 0.1) is 0 Å². The average molecular weight is 416 g/mol. The van der Waals surface area contributed by atoms with Crippen molar-refractivity contribution >= 4 is 33.5 Å². The van der Waals surface area contributed by atoms with Crippen LogP contribution in [-0.2, 0) is 6.54 Å². The summed E-state index contributed by atoms with van der Waals surface area (Å²) in [5.74, 6) is 0.788. The van der Waals surface area contributed by atoms with E-state index in [9.17, 15) is 4.79 Å². The summed E-state index contributed by atoms with van der Waals surface area (Å²) in [6.07, 6.45) is 4.30. The molecule has 2 aromatic carbocycles. The van der Waals surface area contributed by atoms with Crippen molar-refractivity contribution in [1.82, 2.24) is 15.2 Å². The Bertz CT molecular complexity index is 1230. The number of piperidine rings is 1. The molecule has 1 saturated heterocycles. The molecule has 1 amide bonds. The molecule has 0 bridgehead atoms. The first kappa shape index (κ1) is 19.4. The van der Waals surface area contributed by atoms with E-state index in [0.29, 0.717) is 0 Å². The molecule has 0 aliphatic carbocycles. The number of nitrogens with zero attached hydrogens (tertiary/aromatic N) is 2. The van der Waals surface area contributed by atoms with Gasteiger partial charge in [0.2, 0.25) is 0 Å². The molecule has 3 heterocycles. The van der Waals surface area contributed by atoms with Gasteiger partial charge in [-0.15, -0.1) is 0 Å². The Morgan fingerprint density at radius 1 is 1.16 bits per heavy atom. The largest absolute Gasteiger partial charge is 0.465 e. The van der Waals surface area contributed by atoms with Gasteiger partial charge in [0.15, 0.2) is 0 Å². The first-order chi connectivity index (χ1) is 15.1. The first-order valence-corrected chi connectivity index (χ1v) is 10.4. The third-order valence-electron chi connectivity index (χ3n) is 6.02. The maximum Gasteiger partial charge on any atom is 0.404 e. The van der Waals surface area contributed by atoms with Crippen LogP contribution in [0, 0.1) is 0 Å². The van der Waals surface area contributed by atoms with Gasteiger partial charge in [-0.05, 0) is 48.1 Å². The summed E-state index contributed by atoms with van der Waals surface area (Å²) in [6.45, 7) is 2.38. The van der Waals surface area contributed by atoms with Crippen molar-refractivity contribution in [2.75, 3.05) is 18.8 Å². The minimum atomic E-state index is -0.955. The summed E-state index contributed by atoms with van der Waals surface area (Å²) >= 11 is 0. The molecule has 2 aromatic heterocycles. The number of rotatable bonds is 4. The summed E-state index contributed by atoms with van der Waals surface area (Å²) in [5, 5.41) is 14.6. The zero-order chi connectivity index (χ0) is 21.4. The number of nitrogens with two attached hydrogens (primary N) is 1. The van der Waals surface area contributed by atoms with Crippen LogP contribution in [0.25, 0.3) is 33.1 Å². The summed E-state index contributed by atoms with van der Waals surface area (Å²) in [5.41, 5.74) is 9.97. The monoisotopic (exact) mass is 416 g/mol. The number of pyridine rings is 1. The molecule has 31 heavy (non-hydrogen) atoms. The highest BCUT2D eigenvalue weighted by atomic mass is 16.4. The van der Waals surface area contributed by atoms with Crippen LogP contribution in [0.15, 0.2) is 59.3 Å². The fourth-order valence-electron chi connectivity index (χ4n) is 4.38. The molecule has 1 fully saturated rings. The molecular formula is C24H24N4O3. The van der Waals surface area contributed by atoms with E-state index in [1.165, 1.54) is 0 Å². The lowest BCUT2D eigenvalue weighted by atomic mass is 10.00. The Kier molecular flexibility index (Phi) is 4.95. The van der Waals surface area contributed by atoms with Gasteiger partial charge in [-0.25, -0.2) is 4.79 Å². The van der Waals surface area contributed by atoms with E-state index in [0.717, 1.165) is 76.8 Å². The summed E-state index contributed by atoms with van der Waals surface area (Å²) in [7, 11) is 0. The Morgan fingerprint density at radius 3 is 2.74 bits per heavy atom. The van der Waals surface area contributed by atoms with Gasteiger partial charge in [-0.3, -0.25) is 9.88 Å². The van der Waals surface area contributed by atoms with E-state index >= 15 is 0 Å². The van der Waals surface area contributed by atoms with Crippen LogP contribution < -0.4 is 11.1 Å². The minimum absolute atomic E-state index is 0.0217. The number of amides is 1. The molecule has 0 atom stereocenters. The second-order valence-electron chi connectivity index (χ2n) is 8.11. The topological polar surface area (TPSA) is 105 Å². The molecule has 0 unspecified atom stereocenters. The Labute approximate surface area is 179 Å². The van der Waals surface area contributed by atoms with Crippen molar-refractivity contribution in [3.8, 4) is 11.3 Å². The Hall–Kier alpha value is -3.58. The summed E-state index contributed by atoms with van der Waals surface area (Å²) in [4.78, 5) is 17.6. The number of hydrogen-bond donors (Lipinski definition) is 3. The Balaban J connectivity index is 1.44. The number of benzene rings is 2. The third-order valence-corrected chi connectivity index (χ3v) is 6.02. The molecule has 1 aliphatic heterocycles. The van der Waals surface area contributed by atoms with Gasteiger partial charge in [-0.2, -0.15) is 0 Å². The van der Waals surface area contributed by atoms with Gasteiger partial charge < -0.3 is 20.6 Å². The zero-order valence-electron chi connectivity index (χ0n) is 17.0. The SMILES string of the molecule is Nc1cc2cncc(-c3cc4ccccc4o3)c2cc1CN1CCC(NC(=O)O)CC1. The lowest BCUT2D eigenvalue weighted by Gasteiger charge is -2.32. The molecule has 5 rings (SSSR count). The smallest absolute Gasteiger partial charge is 0.404 e. The van der Waals surface area contributed by atoms with Gasteiger partial charge >= 0.3 is 6.09 Å². The molecule has 4 aromatic rings. The number of anilines is 1. The summed E-state index contributed by atoms with van der Waals surface area (Å²) < 4.78 is 6.09. The fraction of sp³-hybridized carbons (Fsp3) is 0.250. The van der Waals surface area contributed by atoms with E-state index in [-0.39, 0.29) is 6.04 Å². The first-order valence-electron chi connectivity index (χ1n) is 10.4. The van der Waals surface area contributed by atoms with Gasteiger partial charge in [0.25, 0.3) is 0 Å². The van der Waals surface area contributed by atoms with E-state index in [1.54, 1.807) is 0 Å². The second-order valence-corrected chi connectivity index (χ2v) is 8.11. The van der Waals surface area contributed by atoms with Crippen molar-refractivity contribution in [3.05, 3.63) is 60.4 Å². The Morgan fingerprint density at radius 2 is 1.97 bits per heavy atom. The molecule has 0 saturated carbocycles. The molecule has 4 N–H and O–H groups in total. The number of nitrogens with one attached hydrogen (secondary N) is 1. The van der Waals surface area contributed by atoms with Crippen molar-refractivity contribution in [3.63, 3.8) is 0 Å². The van der Waals surface area contributed by atoms with Crippen molar-refractivity contribution in [2.45, 2.75) is 25.4 Å². The fourth-order valence-corrected chi connectivity index (χ4v) is 4.38.